The van der Waals surface area contributed by atoms with E-state index in [1.165, 1.54) is 0 Å². The van der Waals surface area contributed by atoms with E-state index in [2.05, 4.69) is 14.8 Å². The molecule has 1 aliphatic heterocycles. The van der Waals surface area contributed by atoms with Gasteiger partial charge in [-0.2, -0.15) is 0 Å². The van der Waals surface area contributed by atoms with Gasteiger partial charge in [0, 0.05) is 24.4 Å². The highest BCUT2D eigenvalue weighted by atomic mass is 32.2. The maximum atomic E-state index is 13.2. The number of hydrogen-bond acceptors (Lipinski definition) is 7. The van der Waals surface area contributed by atoms with Crippen molar-refractivity contribution in [2.45, 2.75) is 10.9 Å². The maximum absolute atomic E-state index is 13.2. The molecule has 0 radical (unpaired) electrons. The Morgan fingerprint density at radius 1 is 1.06 bits per heavy atom. The molecule has 5 rings (SSSR count). The van der Waals surface area contributed by atoms with E-state index in [-0.39, 0.29) is 5.91 Å². The highest BCUT2D eigenvalue weighted by Crippen LogP contribution is 2.33. The summed E-state index contributed by atoms with van der Waals surface area (Å²) >= 11 is 3.19. The van der Waals surface area contributed by atoms with Crippen LogP contribution in [0.25, 0.3) is 16.4 Å². The van der Waals surface area contributed by atoms with Crippen molar-refractivity contribution in [2.75, 3.05) is 33.4 Å². The van der Waals surface area contributed by atoms with Crippen molar-refractivity contribution < 1.29 is 14.3 Å². The Hall–Kier alpha value is -3.14. The van der Waals surface area contributed by atoms with Crippen molar-refractivity contribution in [2.24, 2.45) is 0 Å². The minimum atomic E-state index is 0.0513. The van der Waals surface area contributed by atoms with Crippen molar-refractivity contribution in [3.8, 4) is 22.1 Å². The van der Waals surface area contributed by atoms with Crippen LogP contribution in [0.15, 0.2) is 71.2 Å². The van der Waals surface area contributed by atoms with E-state index in [0.29, 0.717) is 32.1 Å². The lowest BCUT2D eigenvalue weighted by molar-refractivity contribution is 0.0302. The van der Waals surface area contributed by atoms with Gasteiger partial charge in [0.05, 0.1) is 30.9 Å². The molecule has 0 saturated carbocycles. The van der Waals surface area contributed by atoms with Crippen LogP contribution in [0, 0.1) is 0 Å². The van der Waals surface area contributed by atoms with Gasteiger partial charge in [-0.3, -0.25) is 9.36 Å². The Kier molecular flexibility index (Phi) is 6.94. The minimum absolute atomic E-state index is 0.0513. The Balaban J connectivity index is 1.44. The average Bonchev–Trinajstić information content (AvgIpc) is 3.58. The molecule has 1 fully saturated rings. The number of carbonyl (C=O) groups excluding carboxylic acids is 1. The van der Waals surface area contributed by atoms with Crippen LogP contribution < -0.4 is 4.74 Å². The summed E-state index contributed by atoms with van der Waals surface area (Å²) in [7, 11) is 1.65. The topological polar surface area (TPSA) is 69.5 Å². The molecule has 0 atom stereocenters. The Morgan fingerprint density at radius 3 is 2.59 bits per heavy atom. The van der Waals surface area contributed by atoms with Crippen molar-refractivity contribution in [3.05, 3.63) is 77.2 Å². The fourth-order valence-corrected chi connectivity index (χ4v) is 5.48. The second-order valence-corrected chi connectivity index (χ2v) is 9.56. The number of morpholine rings is 1. The third-order valence-corrected chi connectivity index (χ3v) is 7.45. The van der Waals surface area contributed by atoms with Gasteiger partial charge >= 0.3 is 0 Å². The standard InChI is InChI=1S/C25H24N4O3S2/c1-31-20-10-8-19(9-11-20)29-23(22-7-4-16-33-22)26-27-25(29)34-17-18-5-2-3-6-21(18)24(30)28-12-14-32-15-13-28/h2-11,16H,12-15,17H2,1H3. The monoisotopic (exact) mass is 492 g/mol. The average molecular weight is 493 g/mol. The van der Waals surface area contributed by atoms with Gasteiger partial charge in [0.15, 0.2) is 11.0 Å². The summed E-state index contributed by atoms with van der Waals surface area (Å²) in [6, 6.07) is 19.7. The summed E-state index contributed by atoms with van der Waals surface area (Å²) < 4.78 is 12.8. The third-order valence-electron chi connectivity index (χ3n) is 5.61. The number of benzene rings is 2. The van der Waals surface area contributed by atoms with Gasteiger partial charge in [-0.25, -0.2) is 0 Å². The predicted octanol–water partition coefficient (Wildman–Crippen LogP) is 4.77. The van der Waals surface area contributed by atoms with Crippen LogP contribution in [0.2, 0.25) is 0 Å². The van der Waals surface area contributed by atoms with Gasteiger partial charge < -0.3 is 14.4 Å². The van der Waals surface area contributed by atoms with E-state index in [9.17, 15) is 4.79 Å². The molecule has 1 aliphatic rings. The second kappa shape index (κ2) is 10.4. The summed E-state index contributed by atoms with van der Waals surface area (Å²) in [6.07, 6.45) is 0. The normalized spacial score (nSPS) is 13.7. The van der Waals surface area contributed by atoms with Crippen molar-refractivity contribution in [1.29, 1.82) is 0 Å². The number of thiophene rings is 1. The van der Waals surface area contributed by atoms with E-state index in [0.717, 1.165) is 38.4 Å². The first-order chi connectivity index (χ1) is 16.7. The van der Waals surface area contributed by atoms with Crippen LogP contribution in [0.4, 0.5) is 0 Å². The van der Waals surface area contributed by atoms with Gasteiger partial charge in [-0.1, -0.05) is 36.0 Å². The summed E-state index contributed by atoms with van der Waals surface area (Å²) in [5, 5.41) is 11.8. The van der Waals surface area contributed by atoms with Crippen molar-refractivity contribution >= 4 is 29.0 Å². The zero-order valence-electron chi connectivity index (χ0n) is 18.7. The molecule has 0 aliphatic carbocycles. The molecule has 0 N–H and O–H groups in total. The number of thioether (sulfide) groups is 1. The Bertz CT molecular complexity index is 1250. The highest BCUT2D eigenvalue weighted by Gasteiger charge is 2.22. The summed E-state index contributed by atoms with van der Waals surface area (Å²) in [6.45, 7) is 2.41. The zero-order valence-corrected chi connectivity index (χ0v) is 20.3. The molecule has 0 spiro atoms. The minimum Gasteiger partial charge on any atom is -0.497 e. The fourth-order valence-electron chi connectivity index (χ4n) is 3.83. The lowest BCUT2D eigenvalue weighted by Crippen LogP contribution is -2.41. The van der Waals surface area contributed by atoms with E-state index in [1.807, 2.05) is 70.9 Å². The van der Waals surface area contributed by atoms with Crippen LogP contribution in [-0.4, -0.2) is 59.0 Å². The van der Waals surface area contributed by atoms with Crippen LogP contribution >= 0.6 is 23.1 Å². The first-order valence-corrected chi connectivity index (χ1v) is 12.8. The lowest BCUT2D eigenvalue weighted by Gasteiger charge is -2.27. The predicted molar refractivity (Wildman–Crippen MR) is 134 cm³/mol. The smallest absolute Gasteiger partial charge is 0.254 e. The van der Waals surface area contributed by atoms with E-state index in [4.69, 9.17) is 9.47 Å². The van der Waals surface area contributed by atoms with Crippen molar-refractivity contribution in [3.63, 3.8) is 0 Å². The lowest BCUT2D eigenvalue weighted by atomic mass is 10.1. The van der Waals surface area contributed by atoms with Crippen LogP contribution in [0.3, 0.4) is 0 Å². The molecule has 2 aromatic heterocycles. The Labute approximate surface area is 206 Å². The summed E-state index contributed by atoms with van der Waals surface area (Å²) in [5.74, 6) is 2.24. The van der Waals surface area contributed by atoms with E-state index >= 15 is 0 Å². The maximum Gasteiger partial charge on any atom is 0.254 e. The molecule has 2 aromatic carbocycles. The van der Waals surface area contributed by atoms with Crippen LogP contribution in [-0.2, 0) is 10.5 Å². The molecular formula is C25H24N4O3S2. The van der Waals surface area contributed by atoms with E-state index in [1.54, 1.807) is 30.2 Å². The number of rotatable bonds is 7. The molecule has 1 saturated heterocycles. The molecule has 34 heavy (non-hydrogen) atoms. The number of nitrogens with zero attached hydrogens (tertiary/aromatic N) is 4. The highest BCUT2D eigenvalue weighted by molar-refractivity contribution is 7.98. The van der Waals surface area contributed by atoms with Gasteiger partial charge in [0.25, 0.3) is 5.91 Å². The number of ether oxygens (including phenoxy) is 2. The number of methoxy groups -OCH3 is 1. The number of amides is 1. The molecular weight excluding hydrogens is 468 g/mol. The first kappa shape index (κ1) is 22.6. The van der Waals surface area contributed by atoms with Crippen molar-refractivity contribution in [1.82, 2.24) is 19.7 Å². The fraction of sp³-hybridized carbons (Fsp3) is 0.240. The van der Waals surface area contributed by atoms with E-state index < -0.39 is 0 Å². The largest absolute Gasteiger partial charge is 0.497 e. The Morgan fingerprint density at radius 2 is 1.85 bits per heavy atom. The summed E-state index contributed by atoms with van der Waals surface area (Å²) in [5.41, 5.74) is 2.66. The molecule has 3 heterocycles. The summed E-state index contributed by atoms with van der Waals surface area (Å²) in [4.78, 5) is 16.1. The molecule has 9 heteroatoms. The molecule has 1 amide bonds. The number of carbonyl (C=O) groups is 1. The van der Waals surface area contributed by atoms with Gasteiger partial charge in [-0.05, 0) is 47.3 Å². The number of hydrogen-bond donors (Lipinski definition) is 0. The second-order valence-electron chi connectivity index (χ2n) is 7.67. The van der Waals surface area contributed by atoms with Gasteiger partial charge in [0.1, 0.15) is 5.75 Å². The third kappa shape index (κ3) is 4.72. The molecule has 7 nitrogen and oxygen atoms in total. The number of aromatic nitrogens is 3. The SMILES string of the molecule is COc1ccc(-n2c(SCc3ccccc3C(=O)N3CCOCC3)nnc2-c2cccs2)cc1. The van der Waals surface area contributed by atoms with Crippen LogP contribution in [0.5, 0.6) is 5.75 Å². The van der Waals surface area contributed by atoms with Gasteiger partial charge in [-0.15, -0.1) is 21.5 Å². The molecule has 4 aromatic rings. The first-order valence-electron chi connectivity index (χ1n) is 11.0. The molecule has 0 bridgehead atoms. The quantitative estimate of drug-likeness (QED) is 0.346. The van der Waals surface area contributed by atoms with Crippen LogP contribution in [0.1, 0.15) is 15.9 Å². The zero-order chi connectivity index (χ0) is 23.3. The molecule has 0 unspecified atom stereocenters. The molecule has 174 valence electrons. The van der Waals surface area contributed by atoms with Gasteiger partial charge in [0.2, 0.25) is 0 Å².